The number of aromatic amines is 2. The molecule has 0 unspecified atom stereocenters. The van der Waals surface area contributed by atoms with Gasteiger partial charge in [-0.25, -0.2) is 19.6 Å². The van der Waals surface area contributed by atoms with E-state index in [2.05, 4.69) is 69.1 Å². The molecule has 294 valence electrons. The van der Waals surface area contributed by atoms with Gasteiger partial charge in [0, 0.05) is 12.1 Å². The summed E-state index contributed by atoms with van der Waals surface area (Å²) < 4.78 is 9.52. The van der Waals surface area contributed by atoms with Crippen LogP contribution in [0.25, 0.3) is 33.6 Å². The predicted molar refractivity (Wildman–Crippen MR) is 208 cm³/mol. The van der Waals surface area contributed by atoms with Crippen LogP contribution >= 0.6 is 0 Å². The molecule has 2 saturated heterocycles. The van der Waals surface area contributed by atoms with Crippen molar-refractivity contribution in [1.82, 2.24) is 40.4 Å². The summed E-state index contributed by atoms with van der Waals surface area (Å²) in [6.07, 6.45) is 8.29. The lowest BCUT2D eigenvalue weighted by molar-refractivity contribution is -0.139. The molecule has 0 spiro atoms. The quantitative estimate of drug-likeness (QED) is 0.144. The van der Waals surface area contributed by atoms with Crippen LogP contribution in [0.2, 0.25) is 0 Å². The molecule has 2 aromatic carbocycles. The molecule has 2 aromatic heterocycles. The molecule has 8 atom stereocenters. The molecule has 4 amide bonds. The summed E-state index contributed by atoms with van der Waals surface area (Å²) in [4.78, 5) is 71.7. The number of aromatic nitrogens is 4. The van der Waals surface area contributed by atoms with Crippen LogP contribution in [0.15, 0.2) is 60.9 Å². The number of carbonyl (C=O) groups is 4. The molecule has 8 rings (SSSR count). The average Bonchev–Trinajstić information content (AvgIpc) is 4.08. The van der Waals surface area contributed by atoms with E-state index in [0.717, 1.165) is 83.8 Å². The van der Waals surface area contributed by atoms with Crippen molar-refractivity contribution in [2.24, 2.45) is 17.8 Å². The largest absolute Gasteiger partial charge is 0.453 e. The van der Waals surface area contributed by atoms with Crippen LogP contribution in [-0.4, -0.2) is 92.1 Å². The van der Waals surface area contributed by atoms with Gasteiger partial charge in [0.15, 0.2) is 0 Å². The van der Waals surface area contributed by atoms with E-state index in [1.54, 1.807) is 6.92 Å². The number of rotatable bonds is 10. The molecule has 4 fully saturated rings. The Morgan fingerprint density at radius 3 is 1.52 bits per heavy atom. The maximum absolute atomic E-state index is 13.9. The maximum Gasteiger partial charge on any atom is 0.407 e. The number of methoxy groups -OCH3 is 2. The normalized spacial score (nSPS) is 24.7. The molecule has 2 aliphatic heterocycles. The molecule has 0 radical (unpaired) electrons. The Balaban J connectivity index is 0.946. The fraction of sp³-hybridized carbons (Fsp3) is 0.476. The molecule has 14 nitrogen and oxygen atoms in total. The van der Waals surface area contributed by atoms with Gasteiger partial charge in [-0.15, -0.1) is 0 Å². The highest BCUT2D eigenvalue weighted by Gasteiger charge is 2.52. The van der Waals surface area contributed by atoms with Gasteiger partial charge in [0.25, 0.3) is 0 Å². The van der Waals surface area contributed by atoms with Gasteiger partial charge in [-0.3, -0.25) is 9.59 Å². The van der Waals surface area contributed by atoms with Crippen molar-refractivity contribution < 1.29 is 28.7 Å². The Bertz CT molecular complexity index is 2090. The van der Waals surface area contributed by atoms with Gasteiger partial charge in [-0.05, 0) is 85.5 Å². The number of benzene rings is 2. The third-order valence-electron chi connectivity index (χ3n) is 12.4. The second kappa shape index (κ2) is 15.1. The minimum atomic E-state index is -0.700. The Labute approximate surface area is 326 Å². The third kappa shape index (κ3) is 6.79. The van der Waals surface area contributed by atoms with Crippen molar-refractivity contribution in [2.75, 3.05) is 14.2 Å². The molecular weight excluding hydrogens is 713 g/mol. The number of carbonyl (C=O) groups excluding carboxylic acids is 4. The predicted octanol–water partition coefficient (Wildman–Crippen LogP) is 6.36. The average molecular weight is 763 g/mol. The zero-order chi connectivity index (χ0) is 39.2. The Morgan fingerprint density at radius 2 is 1.07 bits per heavy atom. The summed E-state index contributed by atoms with van der Waals surface area (Å²) in [5.41, 5.74) is 5.88. The van der Waals surface area contributed by atoms with Gasteiger partial charge >= 0.3 is 12.2 Å². The maximum atomic E-state index is 13.9. The number of hydrogen-bond donors (Lipinski definition) is 4. The Hall–Kier alpha value is -5.66. The number of nitrogens with one attached hydrogen (secondary N) is 4. The number of likely N-dealkylation sites (tertiary alicyclic amines) is 2. The smallest absolute Gasteiger partial charge is 0.407 e. The van der Waals surface area contributed by atoms with E-state index in [0.29, 0.717) is 11.8 Å². The number of nitrogens with zero attached hydrogens (tertiary/aromatic N) is 4. The van der Waals surface area contributed by atoms with Crippen molar-refractivity contribution in [3.63, 3.8) is 0 Å². The lowest BCUT2D eigenvalue weighted by atomic mass is 9.95. The molecule has 2 aliphatic carbocycles. The van der Waals surface area contributed by atoms with E-state index < -0.39 is 24.3 Å². The van der Waals surface area contributed by atoms with E-state index in [-0.39, 0.29) is 41.9 Å². The van der Waals surface area contributed by atoms with Crippen LogP contribution in [0.3, 0.4) is 0 Å². The first-order valence-corrected chi connectivity index (χ1v) is 19.7. The fourth-order valence-corrected chi connectivity index (χ4v) is 9.65. The first-order chi connectivity index (χ1) is 27.0. The number of ether oxygens (including phenoxy) is 2. The van der Waals surface area contributed by atoms with Gasteiger partial charge in [0.1, 0.15) is 23.7 Å². The molecular formula is C42H50N8O6. The standard InChI is InChI=1S/C42H50N8O6/c1-22(2)34(48-42(54)56-5)40(52)50-31-17-15-29(19-31)36(50)38-44-21-33(47-38)27-12-8-25(9-13-27)24-6-10-26(11-7-24)32-20-43-37(46-32)35-28-14-16-30(18-28)49(35)39(51)23(3)45-41(53)55-4/h6-13,20-23,28-31,34-36H,14-19H2,1-5H3,(H,43,46)(H,44,47)(H,45,53)(H,48,54)/t23-,28-,29-,30-,31-,34+,35+,36+/m1/s1. The summed E-state index contributed by atoms with van der Waals surface area (Å²) in [5.74, 6) is 1.86. The van der Waals surface area contributed by atoms with Crippen molar-refractivity contribution in [2.45, 2.75) is 95.5 Å². The second-order valence-electron chi connectivity index (χ2n) is 16.1. The Morgan fingerprint density at radius 1 is 0.643 bits per heavy atom. The first-order valence-electron chi connectivity index (χ1n) is 19.7. The summed E-state index contributed by atoms with van der Waals surface area (Å²) >= 11 is 0. The molecule has 2 saturated carbocycles. The summed E-state index contributed by atoms with van der Waals surface area (Å²) in [6, 6.07) is 15.2. The lowest BCUT2D eigenvalue weighted by Gasteiger charge is -2.37. The van der Waals surface area contributed by atoms with Crippen molar-refractivity contribution in [3.8, 4) is 33.6 Å². The summed E-state index contributed by atoms with van der Waals surface area (Å²) in [5, 5.41) is 5.37. The SMILES string of the molecule is COC(=O)N[C@H](C(=O)N1[C@@H]2CC[C@H](C2)[C@H]1c1ncc(-c2ccc(-c3ccc(-c4cnc([C@@H]5[C@@H]6CC[C@H](C6)N5C(=O)[C@@H](C)NC(=O)OC)[nH]4)cc3)cc2)[nH]1)C(C)C. The van der Waals surface area contributed by atoms with Crippen molar-refractivity contribution in [1.29, 1.82) is 0 Å². The molecule has 4 heterocycles. The highest BCUT2D eigenvalue weighted by molar-refractivity contribution is 5.87. The van der Waals surface area contributed by atoms with E-state index >= 15 is 0 Å². The molecule has 4 aromatic rings. The molecule has 14 heteroatoms. The molecule has 4 bridgehead atoms. The molecule has 4 N–H and O–H groups in total. The number of alkyl carbamates (subject to hydrolysis) is 2. The molecule has 4 aliphatic rings. The van der Waals surface area contributed by atoms with Gasteiger partial charge in [0.2, 0.25) is 11.8 Å². The number of H-pyrrole nitrogens is 2. The summed E-state index contributed by atoms with van der Waals surface area (Å²) in [7, 11) is 2.59. The fourth-order valence-electron chi connectivity index (χ4n) is 9.65. The van der Waals surface area contributed by atoms with Crippen molar-refractivity contribution in [3.05, 3.63) is 72.6 Å². The van der Waals surface area contributed by atoms with E-state index in [1.807, 2.05) is 36.0 Å². The highest BCUT2D eigenvalue weighted by atomic mass is 16.5. The number of amides is 4. The van der Waals surface area contributed by atoms with Gasteiger partial charge in [0.05, 0.1) is 50.1 Å². The zero-order valence-electron chi connectivity index (χ0n) is 32.5. The minimum absolute atomic E-state index is 0.0934. The van der Waals surface area contributed by atoms with Crippen LogP contribution in [0.4, 0.5) is 9.59 Å². The van der Waals surface area contributed by atoms with Crippen LogP contribution in [0.1, 0.15) is 83.0 Å². The first kappa shape index (κ1) is 37.3. The second-order valence-corrected chi connectivity index (χ2v) is 16.1. The van der Waals surface area contributed by atoms with E-state index in [1.165, 1.54) is 14.2 Å². The topological polar surface area (TPSA) is 175 Å². The summed E-state index contributed by atoms with van der Waals surface area (Å²) in [6.45, 7) is 5.54. The van der Waals surface area contributed by atoms with Crippen molar-refractivity contribution >= 4 is 24.0 Å². The van der Waals surface area contributed by atoms with Crippen LogP contribution in [0, 0.1) is 17.8 Å². The lowest BCUT2D eigenvalue weighted by Crippen LogP contribution is -2.54. The van der Waals surface area contributed by atoms with Crippen LogP contribution in [-0.2, 0) is 19.1 Å². The number of fused-ring (bicyclic) bond motifs is 4. The Kier molecular flexibility index (Phi) is 10.1. The van der Waals surface area contributed by atoms with Crippen LogP contribution in [0.5, 0.6) is 0 Å². The van der Waals surface area contributed by atoms with Gasteiger partial charge < -0.3 is 39.9 Å². The minimum Gasteiger partial charge on any atom is -0.453 e. The monoisotopic (exact) mass is 762 g/mol. The van der Waals surface area contributed by atoms with E-state index in [4.69, 9.17) is 19.4 Å². The zero-order valence-corrected chi connectivity index (χ0v) is 32.5. The number of imidazole rings is 2. The number of piperidine rings is 2. The van der Waals surface area contributed by atoms with Gasteiger partial charge in [-0.2, -0.15) is 0 Å². The molecule has 56 heavy (non-hydrogen) atoms. The van der Waals surface area contributed by atoms with Crippen LogP contribution < -0.4 is 10.6 Å². The van der Waals surface area contributed by atoms with Gasteiger partial charge in [-0.1, -0.05) is 62.4 Å². The highest BCUT2D eigenvalue weighted by Crippen LogP contribution is 2.51. The third-order valence-corrected chi connectivity index (χ3v) is 12.4. The number of hydrogen-bond acceptors (Lipinski definition) is 8. The van der Waals surface area contributed by atoms with E-state index in [9.17, 15) is 19.2 Å².